The number of carbonyl (C=O) groups is 1. The molecule has 5 rings (SSSR count). The van der Waals surface area contributed by atoms with Gasteiger partial charge < -0.3 is 10.1 Å². The molecule has 1 saturated carbocycles. The first-order valence-electron chi connectivity index (χ1n) is 11.4. The molecule has 0 atom stereocenters. The number of hydrogen-bond donors (Lipinski definition) is 1. The summed E-state index contributed by atoms with van der Waals surface area (Å²) in [5.74, 6) is 0.948. The number of aryl methyl sites for hydroxylation is 1. The van der Waals surface area contributed by atoms with Crippen molar-refractivity contribution in [3.8, 4) is 17.0 Å². The number of para-hydroxylation sites is 1. The molecule has 0 radical (unpaired) electrons. The van der Waals surface area contributed by atoms with Gasteiger partial charge in [-0.2, -0.15) is 0 Å². The number of imidazole rings is 1. The number of fused-ring (bicyclic) bond motifs is 1. The minimum absolute atomic E-state index is 0.403. The topological polar surface area (TPSA) is 55.6 Å². The van der Waals surface area contributed by atoms with Gasteiger partial charge in [0, 0.05) is 22.8 Å². The Morgan fingerprint density at radius 3 is 2.70 bits per heavy atom. The number of esters is 1. The van der Waals surface area contributed by atoms with Gasteiger partial charge in [-0.15, -0.1) is 0 Å². The van der Waals surface area contributed by atoms with Crippen molar-refractivity contribution in [2.45, 2.75) is 45.1 Å². The second-order valence-corrected chi connectivity index (χ2v) is 9.05. The number of rotatable bonds is 5. The van der Waals surface area contributed by atoms with Crippen molar-refractivity contribution in [2.75, 3.05) is 5.32 Å². The summed E-state index contributed by atoms with van der Waals surface area (Å²) in [6, 6.07) is 18.9. The van der Waals surface area contributed by atoms with E-state index in [-0.39, 0.29) is 0 Å². The molecular formula is C27H26ClN3O2. The summed E-state index contributed by atoms with van der Waals surface area (Å²) in [5.41, 5.74) is 3.96. The molecule has 6 heteroatoms. The van der Waals surface area contributed by atoms with Crippen molar-refractivity contribution in [3.05, 3.63) is 83.0 Å². The van der Waals surface area contributed by atoms with Crippen LogP contribution in [0.3, 0.4) is 0 Å². The quantitative estimate of drug-likeness (QED) is 0.260. The van der Waals surface area contributed by atoms with E-state index < -0.39 is 5.97 Å². The van der Waals surface area contributed by atoms with E-state index in [1.165, 1.54) is 19.3 Å². The monoisotopic (exact) mass is 459 g/mol. The van der Waals surface area contributed by atoms with Gasteiger partial charge >= 0.3 is 5.97 Å². The Morgan fingerprint density at radius 2 is 1.88 bits per heavy atom. The van der Waals surface area contributed by atoms with E-state index in [0.29, 0.717) is 22.4 Å². The Morgan fingerprint density at radius 1 is 1.06 bits per heavy atom. The van der Waals surface area contributed by atoms with E-state index in [1.54, 1.807) is 30.3 Å². The fourth-order valence-corrected chi connectivity index (χ4v) is 4.63. The standard InChI is InChI=1S/C27H26ClN3O2/c1-18-14-15-31-24(16-18)30-25(26(31)29-21-10-3-2-4-11-21)22-12-5-6-13-23(22)33-27(32)19-8-7-9-20(28)17-19/h5-9,12-17,21,29H,2-4,10-11H2,1H3. The van der Waals surface area contributed by atoms with Crippen LogP contribution in [-0.4, -0.2) is 21.4 Å². The molecule has 0 bridgehead atoms. The van der Waals surface area contributed by atoms with Crippen molar-refractivity contribution < 1.29 is 9.53 Å². The van der Waals surface area contributed by atoms with Gasteiger partial charge in [0.15, 0.2) is 0 Å². The lowest BCUT2D eigenvalue weighted by atomic mass is 9.95. The Labute approximate surface area is 198 Å². The Kier molecular flexibility index (Phi) is 6.05. The fraction of sp³-hybridized carbons (Fsp3) is 0.259. The highest BCUT2D eigenvalue weighted by Crippen LogP contribution is 2.37. The fourth-order valence-electron chi connectivity index (χ4n) is 4.44. The van der Waals surface area contributed by atoms with Crippen LogP contribution >= 0.6 is 11.6 Å². The minimum Gasteiger partial charge on any atom is -0.422 e. The number of carbonyl (C=O) groups excluding carboxylic acids is 1. The number of hydrogen-bond acceptors (Lipinski definition) is 4. The van der Waals surface area contributed by atoms with Gasteiger partial charge in [-0.25, -0.2) is 9.78 Å². The van der Waals surface area contributed by atoms with E-state index in [0.717, 1.165) is 41.1 Å². The van der Waals surface area contributed by atoms with Gasteiger partial charge in [-0.3, -0.25) is 4.40 Å². The number of ether oxygens (including phenoxy) is 1. The van der Waals surface area contributed by atoms with Crippen LogP contribution in [0.15, 0.2) is 66.9 Å². The first kappa shape index (κ1) is 21.5. The van der Waals surface area contributed by atoms with Crippen molar-refractivity contribution in [1.29, 1.82) is 0 Å². The molecule has 4 aromatic rings. The van der Waals surface area contributed by atoms with Crippen LogP contribution in [0.1, 0.15) is 48.0 Å². The molecule has 0 saturated heterocycles. The van der Waals surface area contributed by atoms with Crippen molar-refractivity contribution in [2.24, 2.45) is 0 Å². The van der Waals surface area contributed by atoms with E-state index in [4.69, 9.17) is 21.3 Å². The molecule has 2 aromatic carbocycles. The van der Waals surface area contributed by atoms with Gasteiger partial charge in [0.2, 0.25) is 0 Å². The molecule has 0 unspecified atom stereocenters. The van der Waals surface area contributed by atoms with Crippen LogP contribution in [0.2, 0.25) is 5.02 Å². The molecule has 0 aliphatic heterocycles. The summed E-state index contributed by atoms with van der Waals surface area (Å²) in [6.07, 6.45) is 8.09. The average molecular weight is 460 g/mol. The third-order valence-corrected chi connectivity index (χ3v) is 6.37. The molecule has 0 amide bonds. The molecule has 0 spiro atoms. The molecule has 5 nitrogen and oxygen atoms in total. The SMILES string of the molecule is Cc1ccn2c(NC3CCCCC3)c(-c3ccccc3OC(=O)c3cccc(Cl)c3)nc2c1. The molecule has 2 heterocycles. The number of aromatic nitrogens is 2. The third kappa shape index (κ3) is 4.60. The summed E-state index contributed by atoms with van der Waals surface area (Å²) in [7, 11) is 0. The van der Waals surface area contributed by atoms with Gasteiger partial charge in [0.05, 0.1) is 5.56 Å². The molecule has 168 valence electrons. The third-order valence-electron chi connectivity index (χ3n) is 6.13. The predicted octanol–water partition coefficient (Wildman–Crippen LogP) is 6.93. The van der Waals surface area contributed by atoms with Crippen LogP contribution < -0.4 is 10.1 Å². The zero-order valence-electron chi connectivity index (χ0n) is 18.6. The first-order valence-corrected chi connectivity index (χ1v) is 11.8. The Bertz CT molecular complexity index is 1310. The maximum absolute atomic E-state index is 12.8. The number of anilines is 1. The van der Waals surface area contributed by atoms with Crippen LogP contribution in [0.4, 0.5) is 5.82 Å². The highest BCUT2D eigenvalue weighted by Gasteiger charge is 2.22. The van der Waals surface area contributed by atoms with Crippen LogP contribution in [0, 0.1) is 6.92 Å². The number of nitrogens with one attached hydrogen (secondary N) is 1. The molecule has 1 fully saturated rings. The molecule has 2 aromatic heterocycles. The van der Waals surface area contributed by atoms with E-state index in [1.807, 2.05) is 24.4 Å². The zero-order chi connectivity index (χ0) is 22.8. The smallest absolute Gasteiger partial charge is 0.343 e. The lowest BCUT2D eigenvalue weighted by Crippen LogP contribution is -2.23. The van der Waals surface area contributed by atoms with Gasteiger partial charge in [0.1, 0.15) is 22.9 Å². The largest absolute Gasteiger partial charge is 0.422 e. The second kappa shape index (κ2) is 9.28. The summed E-state index contributed by atoms with van der Waals surface area (Å²) in [5, 5.41) is 4.25. The molecule has 33 heavy (non-hydrogen) atoms. The highest BCUT2D eigenvalue weighted by atomic mass is 35.5. The van der Waals surface area contributed by atoms with E-state index >= 15 is 0 Å². The Hall–Kier alpha value is -3.31. The summed E-state index contributed by atoms with van der Waals surface area (Å²) < 4.78 is 7.92. The maximum Gasteiger partial charge on any atom is 0.343 e. The van der Waals surface area contributed by atoms with Crippen LogP contribution in [0.5, 0.6) is 5.75 Å². The average Bonchev–Trinajstić information content (AvgIpc) is 3.17. The Balaban J connectivity index is 1.56. The second-order valence-electron chi connectivity index (χ2n) is 8.62. The number of pyridine rings is 1. The zero-order valence-corrected chi connectivity index (χ0v) is 19.3. The predicted molar refractivity (Wildman–Crippen MR) is 132 cm³/mol. The number of halogens is 1. The number of nitrogens with zero attached hydrogens (tertiary/aromatic N) is 2. The molecule has 1 N–H and O–H groups in total. The maximum atomic E-state index is 12.8. The molecular weight excluding hydrogens is 434 g/mol. The molecule has 1 aliphatic rings. The lowest BCUT2D eigenvalue weighted by Gasteiger charge is -2.24. The van der Waals surface area contributed by atoms with E-state index in [2.05, 4.69) is 28.8 Å². The normalized spacial score (nSPS) is 14.4. The summed E-state index contributed by atoms with van der Waals surface area (Å²) >= 11 is 6.06. The van der Waals surface area contributed by atoms with Gasteiger partial charge in [-0.1, -0.05) is 49.1 Å². The van der Waals surface area contributed by atoms with Crippen LogP contribution in [0.25, 0.3) is 16.9 Å². The minimum atomic E-state index is -0.452. The highest BCUT2D eigenvalue weighted by molar-refractivity contribution is 6.30. The number of benzene rings is 2. The van der Waals surface area contributed by atoms with Gasteiger partial charge in [0.25, 0.3) is 0 Å². The van der Waals surface area contributed by atoms with Crippen molar-refractivity contribution >= 4 is 29.0 Å². The van der Waals surface area contributed by atoms with Crippen molar-refractivity contribution in [1.82, 2.24) is 9.38 Å². The summed E-state index contributed by atoms with van der Waals surface area (Å²) in [6.45, 7) is 2.06. The van der Waals surface area contributed by atoms with Crippen LogP contribution in [-0.2, 0) is 0 Å². The van der Waals surface area contributed by atoms with E-state index in [9.17, 15) is 4.79 Å². The lowest BCUT2D eigenvalue weighted by molar-refractivity contribution is 0.0735. The summed E-state index contributed by atoms with van der Waals surface area (Å²) in [4.78, 5) is 17.8. The first-order chi connectivity index (χ1) is 16.1. The molecule has 1 aliphatic carbocycles. The van der Waals surface area contributed by atoms with Crippen molar-refractivity contribution in [3.63, 3.8) is 0 Å². The van der Waals surface area contributed by atoms with Gasteiger partial charge in [-0.05, 0) is 67.8 Å².